The van der Waals surface area contributed by atoms with Crippen LogP contribution < -0.4 is 0 Å². The van der Waals surface area contributed by atoms with Crippen molar-refractivity contribution in [3.8, 4) is 12.1 Å². The molecular formula is C11H12N2O5. The highest BCUT2D eigenvalue weighted by Crippen LogP contribution is 2.02. The van der Waals surface area contributed by atoms with Crippen molar-refractivity contribution in [1.82, 2.24) is 0 Å². The zero-order chi connectivity index (χ0) is 14.4. The van der Waals surface area contributed by atoms with E-state index in [4.69, 9.17) is 15.6 Å². The smallest absolute Gasteiger partial charge is 0.369 e. The lowest BCUT2D eigenvalue weighted by molar-refractivity contribution is -0.250. The molecule has 0 spiro atoms. The molecule has 18 heavy (non-hydrogen) atoms. The lowest BCUT2D eigenvalue weighted by Crippen LogP contribution is -2.06. The Balaban J connectivity index is 0. The molecule has 0 atom stereocenters. The Morgan fingerprint density at radius 3 is 2.22 bits per heavy atom. The predicted octanol–water partition coefficient (Wildman–Crippen LogP) is 1.10. The summed E-state index contributed by atoms with van der Waals surface area (Å²) in [5.74, 6) is -1.71. The molecule has 0 bridgehead atoms. The lowest BCUT2D eigenvalue weighted by atomic mass is 10.2. The van der Waals surface area contributed by atoms with Crippen LogP contribution in [0.25, 0.3) is 0 Å². The standard InChI is InChI=1S/C7H9NO3.C4H3NO2/c1-3-6(4-5-8)7(9)11-10-2;5-3-1-2-4(6)7/h4H,3H2,1-2H3;1-2H,(H,6,7). The molecular weight excluding hydrogens is 240 g/mol. The van der Waals surface area contributed by atoms with E-state index >= 15 is 0 Å². The van der Waals surface area contributed by atoms with Crippen molar-refractivity contribution in [3.63, 3.8) is 0 Å². The van der Waals surface area contributed by atoms with Gasteiger partial charge in [-0.1, -0.05) is 6.92 Å². The van der Waals surface area contributed by atoms with Crippen LogP contribution in [0.15, 0.2) is 23.8 Å². The molecule has 0 fully saturated rings. The quantitative estimate of drug-likeness (QED) is 0.344. The Morgan fingerprint density at radius 1 is 1.33 bits per heavy atom. The van der Waals surface area contributed by atoms with Crippen molar-refractivity contribution in [2.45, 2.75) is 13.3 Å². The monoisotopic (exact) mass is 252 g/mol. The summed E-state index contributed by atoms with van der Waals surface area (Å²) in [7, 11) is 1.23. The SMILES string of the molecule is CCC(=CC#N)C(=O)OOC.N#CC=CC(=O)O. The number of allylic oxidation sites excluding steroid dienone is 2. The van der Waals surface area contributed by atoms with Gasteiger partial charge in [0, 0.05) is 18.2 Å². The van der Waals surface area contributed by atoms with Gasteiger partial charge in [-0.25, -0.2) is 9.59 Å². The van der Waals surface area contributed by atoms with Crippen LogP contribution in [0.2, 0.25) is 0 Å². The van der Waals surface area contributed by atoms with E-state index in [-0.39, 0.29) is 0 Å². The number of nitriles is 2. The van der Waals surface area contributed by atoms with Crippen LogP contribution in [-0.2, 0) is 19.4 Å². The van der Waals surface area contributed by atoms with Crippen LogP contribution in [0.4, 0.5) is 0 Å². The average molecular weight is 252 g/mol. The van der Waals surface area contributed by atoms with E-state index < -0.39 is 11.9 Å². The van der Waals surface area contributed by atoms with E-state index in [1.807, 2.05) is 0 Å². The van der Waals surface area contributed by atoms with Gasteiger partial charge in [0.1, 0.15) is 0 Å². The van der Waals surface area contributed by atoms with Gasteiger partial charge in [0.05, 0.1) is 24.8 Å². The van der Waals surface area contributed by atoms with Gasteiger partial charge in [-0.3, -0.25) is 4.89 Å². The number of carboxylic acid groups (broad SMARTS) is 1. The molecule has 0 aromatic carbocycles. The summed E-state index contributed by atoms with van der Waals surface area (Å²) in [4.78, 5) is 28.6. The number of hydrogen-bond donors (Lipinski definition) is 1. The number of nitrogens with zero attached hydrogens (tertiary/aromatic N) is 2. The topological polar surface area (TPSA) is 120 Å². The summed E-state index contributed by atoms with van der Waals surface area (Å²) in [5.41, 5.74) is 0.300. The molecule has 0 saturated carbocycles. The van der Waals surface area contributed by atoms with Crippen molar-refractivity contribution in [1.29, 1.82) is 10.5 Å². The van der Waals surface area contributed by atoms with E-state index in [2.05, 4.69) is 9.78 Å². The molecule has 0 aromatic heterocycles. The van der Waals surface area contributed by atoms with Crippen LogP contribution >= 0.6 is 0 Å². The Morgan fingerprint density at radius 2 is 1.94 bits per heavy atom. The van der Waals surface area contributed by atoms with E-state index in [9.17, 15) is 9.59 Å². The van der Waals surface area contributed by atoms with Crippen LogP contribution in [0, 0.1) is 22.7 Å². The third-order valence-electron chi connectivity index (χ3n) is 1.34. The summed E-state index contributed by atoms with van der Waals surface area (Å²) in [6.45, 7) is 1.75. The normalized spacial score (nSPS) is 9.67. The van der Waals surface area contributed by atoms with Gasteiger partial charge in [-0.15, -0.1) is 0 Å². The van der Waals surface area contributed by atoms with E-state index in [0.29, 0.717) is 12.0 Å². The van der Waals surface area contributed by atoms with Crippen molar-refractivity contribution < 1.29 is 24.5 Å². The van der Waals surface area contributed by atoms with Gasteiger partial charge < -0.3 is 5.11 Å². The molecule has 0 heterocycles. The minimum Gasteiger partial charge on any atom is -0.478 e. The molecule has 0 unspecified atom stereocenters. The number of hydrogen-bond acceptors (Lipinski definition) is 6. The fourth-order valence-corrected chi connectivity index (χ4v) is 0.621. The molecule has 96 valence electrons. The highest BCUT2D eigenvalue weighted by molar-refractivity contribution is 5.88. The second-order valence-electron chi connectivity index (χ2n) is 2.49. The minimum atomic E-state index is -1.10. The lowest BCUT2D eigenvalue weighted by Gasteiger charge is -1.98. The number of carbonyl (C=O) groups is 2. The average Bonchev–Trinajstić information content (AvgIpc) is 2.34. The third kappa shape index (κ3) is 11.4. The van der Waals surface area contributed by atoms with E-state index in [1.54, 1.807) is 13.0 Å². The molecule has 0 saturated heterocycles. The molecule has 1 N–H and O–H groups in total. The summed E-state index contributed by atoms with van der Waals surface area (Å²) in [6.07, 6.45) is 3.28. The van der Waals surface area contributed by atoms with Gasteiger partial charge >= 0.3 is 11.9 Å². The fraction of sp³-hybridized carbons (Fsp3) is 0.273. The number of carboxylic acids is 1. The summed E-state index contributed by atoms with van der Waals surface area (Å²) in [6, 6.07) is 3.28. The Labute approximate surface area is 104 Å². The molecule has 7 nitrogen and oxygen atoms in total. The Kier molecular flexibility index (Phi) is 12.3. The maximum atomic E-state index is 10.8. The van der Waals surface area contributed by atoms with Gasteiger partial charge in [-0.2, -0.15) is 15.4 Å². The molecule has 0 aliphatic carbocycles. The predicted molar refractivity (Wildman–Crippen MR) is 59.5 cm³/mol. The second kappa shape index (κ2) is 12.4. The van der Waals surface area contributed by atoms with Crippen molar-refractivity contribution >= 4 is 11.9 Å². The van der Waals surface area contributed by atoms with Crippen molar-refractivity contribution in [3.05, 3.63) is 23.8 Å². The molecule has 0 aliphatic heterocycles. The van der Waals surface area contributed by atoms with Gasteiger partial charge in [0.15, 0.2) is 0 Å². The minimum absolute atomic E-state index is 0.300. The van der Waals surface area contributed by atoms with Crippen molar-refractivity contribution in [2.75, 3.05) is 7.11 Å². The van der Waals surface area contributed by atoms with E-state index in [0.717, 1.165) is 18.2 Å². The van der Waals surface area contributed by atoms with Crippen LogP contribution in [-0.4, -0.2) is 24.2 Å². The van der Waals surface area contributed by atoms with Crippen LogP contribution in [0.5, 0.6) is 0 Å². The first kappa shape index (κ1) is 17.7. The maximum Gasteiger partial charge on any atom is 0.369 e. The molecule has 0 aromatic rings. The third-order valence-corrected chi connectivity index (χ3v) is 1.34. The number of carbonyl (C=O) groups excluding carboxylic acids is 1. The first-order valence-electron chi connectivity index (χ1n) is 4.66. The molecule has 0 amide bonds. The van der Waals surface area contributed by atoms with Crippen LogP contribution in [0.1, 0.15) is 13.3 Å². The number of rotatable bonds is 4. The van der Waals surface area contributed by atoms with Crippen molar-refractivity contribution in [2.24, 2.45) is 0 Å². The first-order chi connectivity index (χ1) is 8.53. The molecule has 0 radical (unpaired) electrons. The van der Waals surface area contributed by atoms with Gasteiger partial charge in [-0.05, 0) is 6.42 Å². The Hall–Kier alpha value is -2.64. The maximum absolute atomic E-state index is 10.8. The summed E-state index contributed by atoms with van der Waals surface area (Å²) < 4.78 is 0. The molecule has 7 heteroatoms. The first-order valence-corrected chi connectivity index (χ1v) is 4.66. The Bertz CT molecular complexity index is 412. The zero-order valence-corrected chi connectivity index (χ0v) is 9.91. The molecule has 0 rings (SSSR count). The van der Waals surface area contributed by atoms with Crippen LogP contribution in [0.3, 0.4) is 0 Å². The largest absolute Gasteiger partial charge is 0.478 e. The summed E-state index contributed by atoms with van der Waals surface area (Å²) in [5, 5.41) is 23.7. The zero-order valence-electron chi connectivity index (χ0n) is 9.91. The fourth-order valence-electron chi connectivity index (χ4n) is 0.621. The summed E-state index contributed by atoms with van der Waals surface area (Å²) >= 11 is 0. The van der Waals surface area contributed by atoms with E-state index in [1.165, 1.54) is 13.2 Å². The van der Waals surface area contributed by atoms with Gasteiger partial charge in [0.25, 0.3) is 0 Å². The number of aliphatic carboxylic acids is 1. The highest BCUT2D eigenvalue weighted by Gasteiger charge is 2.08. The van der Waals surface area contributed by atoms with Gasteiger partial charge in [0.2, 0.25) is 0 Å². The second-order valence-corrected chi connectivity index (χ2v) is 2.49. The molecule has 0 aliphatic rings. The highest BCUT2D eigenvalue weighted by atomic mass is 17.2.